The lowest BCUT2D eigenvalue weighted by atomic mass is 10.2. The minimum absolute atomic E-state index is 0.0883. The number of carboxylic acids is 1. The molecule has 9 nitrogen and oxygen atoms in total. The van der Waals surface area contributed by atoms with Gasteiger partial charge in [-0.2, -0.15) is 0 Å². The minimum atomic E-state index is -0.911. The van der Waals surface area contributed by atoms with E-state index < -0.39 is 11.6 Å². The van der Waals surface area contributed by atoms with Crippen molar-refractivity contribution in [2.75, 3.05) is 46.4 Å². The molecule has 1 aromatic carbocycles. The Morgan fingerprint density at radius 3 is 2.89 bits per heavy atom. The normalized spacial score (nSPS) is 17.1. The van der Waals surface area contributed by atoms with E-state index in [1.54, 1.807) is 41.1 Å². The number of morpholine rings is 1. The Kier molecular flexibility index (Phi) is 6.27. The van der Waals surface area contributed by atoms with Crippen LogP contribution in [0.2, 0.25) is 0 Å². The molecule has 0 bridgehead atoms. The van der Waals surface area contributed by atoms with E-state index >= 15 is 0 Å². The first-order valence-corrected chi connectivity index (χ1v) is 8.87. The summed E-state index contributed by atoms with van der Waals surface area (Å²) < 4.78 is 16.3. The quantitative estimate of drug-likeness (QED) is 0.678. The van der Waals surface area contributed by atoms with Crippen molar-refractivity contribution in [2.24, 2.45) is 0 Å². The second-order valence-corrected chi connectivity index (χ2v) is 6.67. The van der Waals surface area contributed by atoms with Gasteiger partial charge in [0.2, 0.25) is 0 Å². The molecule has 1 saturated heterocycles. The number of carbonyl (C=O) groups is 2. The Hall–Kier alpha value is -2.91. The van der Waals surface area contributed by atoms with Crippen LogP contribution in [0.4, 0.5) is 0 Å². The highest BCUT2D eigenvalue weighted by Gasteiger charge is 2.25. The highest BCUT2D eigenvalue weighted by molar-refractivity contribution is 5.79. The van der Waals surface area contributed by atoms with E-state index in [9.17, 15) is 14.4 Å². The van der Waals surface area contributed by atoms with Gasteiger partial charge in [0.05, 0.1) is 19.3 Å². The molecule has 2 heterocycles. The second-order valence-electron chi connectivity index (χ2n) is 6.67. The SMILES string of the molecule is CN(CC(=O)O)CC1CN(C(=O)COc2ccc3ccc(=O)oc3c2)CCO1. The van der Waals surface area contributed by atoms with Crippen molar-refractivity contribution in [3.63, 3.8) is 0 Å². The van der Waals surface area contributed by atoms with E-state index in [4.69, 9.17) is 19.0 Å². The Labute approximate surface area is 161 Å². The summed E-state index contributed by atoms with van der Waals surface area (Å²) >= 11 is 0. The molecule has 0 spiro atoms. The van der Waals surface area contributed by atoms with Crippen LogP contribution < -0.4 is 10.4 Å². The monoisotopic (exact) mass is 390 g/mol. The maximum atomic E-state index is 12.5. The average Bonchev–Trinajstić information content (AvgIpc) is 2.65. The second kappa shape index (κ2) is 8.85. The van der Waals surface area contributed by atoms with Gasteiger partial charge in [-0.05, 0) is 25.2 Å². The van der Waals surface area contributed by atoms with Gasteiger partial charge in [0.1, 0.15) is 11.3 Å². The summed E-state index contributed by atoms with van der Waals surface area (Å²) in [5, 5.41) is 9.59. The van der Waals surface area contributed by atoms with Gasteiger partial charge >= 0.3 is 11.6 Å². The fourth-order valence-corrected chi connectivity index (χ4v) is 3.07. The summed E-state index contributed by atoms with van der Waals surface area (Å²) in [5.41, 5.74) is -0.0571. The van der Waals surface area contributed by atoms with E-state index in [0.29, 0.717) is 37.6 Å². The van der Waals surface area contributed by atoms with Crippen LogP contribution in [-0.4, -0.2) is 79.3 Å². The number of rotatable bonds is 7. The molecule has 1 aliphatic heterocycles. The maximum Gasteiger partial charge on any atom is 0.336 e. The molecule has 150 valence electrons. The average molecular weight is 390 g/mol. The number of likely N-dealkylation sites (N-methyl/N-ethyl adjacent to an activating group) is 1. The molecule has 1 aliphatic rings. The molecule has 28 heavy (non-hydrogen) atoms. The van der Waals surface area contributed by atoms with E-state index in [-0.39, 0.29) is 25.2 Å². The zero-order valence-corrected chi connectivity index (χ0v) is 15.5. The number of carbonyl (C=O) groups excluding carboxylic acids is 1. The number of nitrogens with zero attached hydrogens (tertiary/aromatic N) is 2. The van der Waals surface area contributed by atoms with Crippen molar-refractivity contribution in [1.29, 1.82) is 0 Å². The molecule has 1 atom stereocenters. The molecule has 0 saturated carbocycles. The molecule has 2 aromatic rings. The number of fused-ring (bicyclic) bond motifs is 1. The van der Waals surface area contributed by atoms with Crippen LogP contribution in [0, 0.1) is 0 Å². The van der Waals surface area contributed by atoms with Gasteiger partial charge in [-0.25, -0.2) is 4.79 Å². The molecular weight excluding hydrogens is 368 g/mol. The Morgan fingerprint density at radius 2 is 2.11 bits per heavy atom. The van der Waals surface area contributed by atoms with E-state index in [2.05, 4.69) is 0 Å². The number of hydrogen-bond donors (Lipinski definition) is 1. The first kappa shape index (κ1) is 19.8. The standard InChI is InChI=1S/C19H22N2O7/c1-20(11-18(23)24)9-15-10-21(6-7-26-15)17(22)12-27-14-4-2-13-3-5-19(25)28-16(13)8-14/h2-5,8,15H,6-7,9-12H2,1H3,(H,23,24). The van der Waals surface area contributed by atoms with Crippen molar-refractivity contribution >= 4 is 22.8 Å². The van der Waals surface area contributed by atoms with Gasteiger partial charge in [0.15, 0.2) is 6.61 Å². The summed E-state index contributed by atoms with van der Waals surface area (Å²) in [6.07, 6.45) is -0.253. The van der Waals surface area contributed by atoms with Crippen LogP contribution in [0.15, 0.2) is 39.5 Å². The topological polar surface area (TPSA) is 110 Å². The molecule has 9 heteroatoms. The molecule has 1 amide bonds. The molecule has 1 N–H and O–H groups in total. The summed E-state index contributed by atoms with van der Waals surface area (Å²) in [4.78, 5) is 37.8. The predicted molar refractivity (Wildman–Crippen MR) is 99.4 cm³/mol. The smallest absolute Gasteiger partial charge is 0.336 e. The van der Waals surface area contributed by atoms with E-state index in [1.165, 1.54) is 6.07 Å². The number of aliphatic carboxylic acids is 1. The third-order valence-corrected chi connectivity index (χ3v) is 4.37. The lowest BCUT2D eigenvalue weighted by molar-refractivity contribution is -0.143. The van der Waals surface area contributed by atoms with Crippen molar-refractivity contribution in [3.8, 4) is 5.75 Å². The molecule has 3 rings (SSSR count). The van der Waals surface area contributed by atoms with Gasteiger partial charge in [-0.3, -0.25) is 14.5 Å². The molecular formula is C19H22N2O7. The highest BCUT2D eigenvalue weighted by Crippen LogP contribution is 2.19. The maximum absolute atomic E-state index is 12.5. The van der Waals surface area contributed by atoms with E-state index in [1.807, 2.05) is 0 Å². The zero-order valence-electron chi connectivity index (χ0n) is 15.5. The van der Waals surface area contributed by atoms with Crippen LogP contribution >= 0.6 is 0 Å². The first-order chi connectivity index (χ1) is 13.4. The van der Waals surface area contributed by atoms with Gasteiger partial charge in [0.25, 0.3) is 5.91 Å². The van der Waals surface area contributed by atoms with Crippen LogP contribution in [0.25, 0.3) is 11.0 Å². The lowest BCUT2D eigenvalue weighted by Gasteiger charge is -2.34. The Balaban J connectivity index is 1.54. The van der Waals surface area contributed by atoms with Crippen molar-refractivity contribution in [2.45, 2.75) is 6.10 Å². The van der Waals surface area contributed by atoms with Gasteiger partial charge < -0.3 is 23.9 Å². The number of ether oxygens (including phenoxy) is 2. The summed E-state index contributed by atoms with van der Waals surface area (Å²) in [7, 11) is 1.69. The van der Waals surface area contributed by atoms with Crippen molar-refractivity contribution in [1.82, 2.24) is 9.80 Å². The van der Waals surface area contributed by atoms with Gasteiger partial charge in [-0.1, -0.05) is 0 Å². The molecule has 1 fully saturated rings. The molecule has 1 unspecified atom stereocenters. The van der Waals surface area contributed by atoms with Crippen LogP contribution in [0.3, 0.4) is 0 Å². The first-order valence-electron chi connectivity index (χ1n) is 8.87. The Bertz CT molecular complexity index is 911. The minimum Gasteiger partial charge on any atom is -0.484 e. The number of hydrogen-bond acceptors (Lipinski definition) is 7. The zero-order chi connectivity index (χ0) is 20.1. The molecule has 0 radical (unpaired) electrons. The van der Waals surface area contributed by atoms with Crippen molar-refractivity contribution < 1.29 is 28.6 Å². The fourth-order valence-electron chi connectivity index (χ4n) is 3.07. The molecule has 1 aromatic heterocycles. The fraction of sp³-hybridized carbons (Fsp3) is 0.421. The van der Waals surface area contributed by atoms with Crippen LogP contribution in [-0.2, 0) is 14.3 Å². The number of carboxylic acid groups (broad SMARTS) is 1. The van der Waals surface area contributed by atoms with E-state index in [0.717, 1.165) is 5.39 Å². The lowest BCUT2D eigenvalue weighted by Crippen LogP contribution is -2.50. The summed E-state index contributed by atoms with van der Waals surface area (Å²) in [6.45, 7) is 1.39. The molecule has 0 aliphatic carbocycles. The Morgan fingerprint density at radius 1 is 1.32 bits per heavy atom. The third kappa shape index (κ3) is 5.30. The van der Waals surface area contributed by atoms with Crippen LogP contribution in [0.5, 0.6) is 5.75 Å². The summed E-state index contributed by atoms with van der Waals surface area (Å²) in [5.74, 6) is -0.670. The largest absolute Gasteiger partial charge is 0.484 e. The number of amides is 1. The van der Waals surface area contributed by atoms with Gasteiger partial charge in [0, 0.05) is 37.2 Å². The predicted octanol–water partition coefficient (Wildman–Crippen LogP) is 0.416. The van der Waals surface area contributed by atoms with Crippen LogP contribution in [0.1, 0.15) is 0 Å². The third-order valence-electron chi connectivity index (χ3n) is 4.37. The number of benzene rings is 1. The van der Waals surface area contributed by atoms with Gasteiger partial charge in [-0.15, -0.1) is 0 Å². The summed E-state index contributed by atoms with van der Waals surface area (Å²) in [6, 6.07) is 8.03. The highest BCUT2D eigenvalue weighted by atomic mass is 16.5. The van der Waals surface area contributed by atoms with Crippen molar-refractivity contribution in [3.05, 3.63) is 40.8 Å².